The number of nitrogens with zero attached hydrogens (tertiary/aromatic N) is 6. The van der Waals surface area contributed by atoms with Crippen molar-refractivity contribution in [2.75, 3.05) is 0 Å². The third-order valence-corrected chi connectivity index (χ3v) is 11.8. The molecule has 0 saturated heterocycles. The second-order valence-electron chi connectivity index (χ2n) is 12.1. The van der Waals surface area contributed by atoms with Gasteiger partial charge >= 0.3 is 22.8 Å². The summed E-state index contributed by atoms with van der Waals surface area (Å²) in [4.78, 5) is 55.6. The van der Waals surface area contributed by atoms with Crippen LogP contribution in [0.25, 0.3) is 11.4 Å². The minimum Gasteiger partial charge on any atom is -0.245 e. The largest absolute Gasteiger partial charge is 0.352 e. The van der Waals surface area contributed by atoms with Crippen molar-refractivity contribution in [3.63, 3.8) is 0 Å². The normalized spacial score (nSPS) is 41.7. The standard InChI is InChI=1S/C28H20N6O4/c35-23-29(13-7-3-1-4-8-13)24(36)32-16-12-11-15(31(23)32)27-19-17-18-20(19)28(16,27)22(18)34-26(38)30(14-9-5-2-6-10-14)25(37)33(34)21(17)27/h1-12,15-22H/t15-,16-,17-,18+,19+,20-,21+,22-,27+,28-/m0/s1. The Balaban J connectivity index is 1.21. The van der Waals surface area contributed by atoms with Gasteiger partial charge in [0.15, 0.2) is 0 Å². The Hall–Kier alpha value is -4.34. The summed E-state index contributed by atoms with van der Waals surface area (Å²) < 4.78 is 9.38. The van der Waals surface area contributed by atoms with Crippen molar-refractivity contribution in [2.24, 2.45) is 34.5 Å². The quantitative estimate of drug-likeness (QED) is 0.379. The van der Waals surface area contributed by atoms with Crippen LogP contribution in [0.15, 0.2) is 92.0 Å². The van der Waals surface area contributed by atoms with Gasteiger partial charge in [0.1, 0.15) is 0 Å². The third-order valence-electron chi connectivity index (χ3n) is 11.8. The molecule has 0 unspecified atom stereocenters. The van der Waals surface area contributed by atoms with E-state index in [-0.39, 0.29) is 57.8 Å². The van der Waals surface area contributed by atoms with Crippen LogP contribution in [-0.2, 0) is 0 Å². The number of hydrogen-bond donors (Lipinski definition) is 0. The molecule has 5 aliphatic carbocycles. The fourth-order valence-electron chi connectivity index (χ4n) is 11.3. The lowest BCUT2D eigenvalue weighted by molar-refractivity contribution is -0.575. The molecule has 4 aliphatic heterocycles. The molecule has 4 aromatic rings. The van der Waals surface area contributed by atoms with Gasteiger partial charge < -0.3 is 0 Å². The van der Waals surface area contributed by atoms with Crippen molar-refractivity contribution in [3.8, 4) is 11.4 Å². The molecule has 0 N–H and O–H groups in total. The molecule has 0 amide bonds. The van der Waals surface area contributed by atoms with E-state index in [2.05, 4.69) is 12.2 Å². The van der Waals surface area contributed by atoms with Crippen molar-refractivity contribution >= 4 is 0 Å². The van der Waals surface area contributed by atoms with E-state index in [0.29, 0.717) is 35.0 Å². The molecule has 2 spiro atoms. The highest BCUT2D eigenvalue weighted by atomic mass is 16.2. The molecule has 38 heavy (non-hydrogen) atoms. The van der Waals surface area contributed by atoms with Gasteiger partial charge in [0, 0.05) is 10.8 Å². The number of hydrogen-bond acceptors (Lipinski definition) is 4. The summed E-state index contributed by atoms with van der Waals surface area (Å²) in [6.07, 6.45) is 4.20. The van der Waals surface area contributed by atoms with Crippen molar-refractivity contribution in [1.82, 2.24) is 27.9 Å². The fraction of sp³-hybridized carbons (Fsp3) is 0.357. The van der Waals surface area contributed by atoms with Crippen LogP contribution in [0.1, 0.15) is 24.2 Å². The van der Waals surface area contributed by atoms with Crippen LogP contribution < -0.4 is 22.8 Å². The van der Waals surface area contributed by atoms with Crippen LogP contribution in [0.5, 0.6) is 0 Å². The fourth-order valence-corrected chi connectivity index (χ4v) is 11.3. The number of aromatic nitrogens is 6. The summed E-state index contributed by atoms with van der Waals surface area (Å²) in [6, 6.07) is 17.2. The molecule has 0 radical (unpaired) electrons. The van der Waals surface area contributed by atoms with Gasteiger partial charge in [0.05, 0.1) is 35.5 Å². The highest BCUT2D eigenvalue weighted by Crippen LogP contribution is 3.06. The van der Waals surface area contributed by atoms with E-state index in [1.807, 2.05) is 36.4 Å². The lowest BCUT2D eigenvalue weighted by atomic mass is 9.03. The van der Waals surface area contributed by atoms with Crippen molar-refractivity contribution in [3.05, 3.63) is 115 Å². The number of rotatable bonds is 2. The molecular weight excluding hydrogens is 484 g/mol. The molecule has 4 saturated carbocycles. The van der Waals surface area contributed by atoms with Crippen molar-refractivity contribution in [1.29, 1.82) is 0 Å². The highest BCUT2D eigenvalue weighted by Gasteiger charge is 3.06. The molecule has 10 heteroatoms. The van der Waals surface area contributed by atoms with Gasteiger partial charge in [-0.05, 0) is 47.9 Å². The maximum Gasteiger partial charge on any atom is 0.352 e. The number of benzene rings is 2. The molecule has 186 valence electrons. The molecule has 13 rings (SSSR count). The van der Waals surface area contributed by atoms with Gasteiger partial charge in [-0.25, -0.2) is 47.0 Å². The zero-order valence-electron chi connectivity index (χ0n) is 19.9. The Bertz CT molecular complexity index is 1950. The molecule has 2 aromatic heterocycles. The van der Waals surface area contributed by atoms with Gasteiger partial charge in [0.25, 0.3) is 0 Å². The third kappa shape index (κ3) is 1.33. The van der Waals surface area contributed by atoms with Crippen LogP contribution >= 0.6 is 0 Å². The summed E-state index contributed by atoms with van der Waals surface area (Å²) >= 11 is 0. The van der Waals surface area contributed by atoms with E-state index in [0.717, 1.165) is 0 Å². The first-order chi connectivity index (χ1) is 18.6. The van der Waals surface area contributed by atoms with Crippen LogP contribution in [0.3, 0.4) is 0 Å². The van der Waals surface area contributed by atoms with Gasteiger partial charge in [-0.15, -0.1) is 0 Å². The van der Waals surface area contributed by atoms with E-state index in [9.17, 15) is 19.2 Å². The van der Waals surface area contributed by atoms with Gasteiger partial charge in [-0.1, -0.05) is 48.6 Å². The van der Waals surface area contributed by atoms with Gasteiger partial charge in [-0.2, -0.15) is 0 Å². The molecular formula is C28H20N6O4. The van der Waals surface area contributed by atoms with E-state index in [1.165, 1.54) is 9.13 Å². The lowest BCUT2D eigenvalue weighted by Gasteiger charge is -3.03. The molecule has 2 aromatic carbocycles. The molecule has 9 aliphatic rings. The maximum atomic E-state index is 13.9. The minimum absolute atomic E-state index is 0.147. The van der Waals surface area contributed by atoms with E-state index >= 15 is 0 Å². The Labute approximate surface area is 212 Å². The van der Waals surface area contributed by atoms with E-state index in [1.54, 1.807) is 43.0 Å². The number of para-hydroxylation sites is 2. The zero-order chi connectivity index (χ0) is 25.0. The van der Waals surface area contributed by atoms with Crippen LogP contribution in [-0.4, -0.2) is 27.9 Å². The summed E-state index contributed by atoms with van der Waals surface area (Å²) in [5, 5.41) is 0. The molecule has 4 bridgehead atoms. The van der Waals surface area contributed by atoms with Gasteiger partial charge in [0.2, 0.25) is 0 Å². The second kappa shape index (κ2) is 5.16. The topological polar surface area (TPSA) is 97.9 Å². The summed E-state index contributed by atoms with van der Waals surface area (Å²) in [7, 11) is 0. The highest BCUT2D eigenvalue weighted by molar-refractivity contribution is 5.55. The summed E-state index contributed by atoms with van der Waals surface area (Å²) in [5.74, 6) is 1.57. The first kappa shape index (κ1) is 18.8. The van der Waals surface area contributed by atoms with Gasteiger partial charge in [-0.3, -0.25) is 0 Å². The summed E-state index contributed by atoms with van der Waals surface area (Å²) in [6.45, 7) is 0. The number of allylic oxidation sites excluding steroid dienone is 2. The maximum absolute atomic E-state index is 13.9. The molecule has 6 heterocycles. The summed E-state index contributed by atoms with van der Waals surface area (Å²) in [5.41, 5.74) is -0.802. The Morgan fingerprint density at radius 2 is 0.868 bits per heavy atom. The first-order valence-electron chi connectivity index (χ1n) is 13.3. The Kier molecular flexibility index (Phi) is 2.56. The smallest absolute Gasteiger partial charge is 0.245 e. The SMILES string of the molecule is O=c1n(-c2ccccc2)c(=O)n2n1[C@H]1C=C[C@H]2[C@@]23[C@H]4[C@H]5[C@H]6[C@H]4[C@@]12[C@@H]6n1c(=O)n(-c2ccccc2)c(=O)n1[C@@H]53. The second-order valence-corrected chi connectivity index (χ2v) is 12.1. The Morgan fingerprint density at radius 3 is 1.26 bits per heavy atom. The Morgan fingerprint density at radius 1 is 0.500 bits per heavy atom. The lowest BCUT2D eigenvalue weighted by Crippen LogP contribution is -3.04. The van der Waals surface area contributed by atoms with Crippen molar-refractivity contribution < 1.29 is 0 Å². The average molecular weight is 505 g/mol. The van der Waals surface area contributed by atoms with Crippen LogP contribution in [0.4, 0.5) is 0 Å². The first-order valence-corrected chi connectivity index (χ1v) is 13.3. The predicted octanol–water partition coefficient (Wildman–Crippen LogP) is 0.868. The minimum atomic E-state index is -0.339. The monoisotopic (exact) mass is 504 g/mol. The molecule has 4 fully saturated rings. The molecule has 10 atom stereocenters. The van der Waals surface area contributed by atoms with Crippen molar-refractivity contribution in [2.45, 2.75) is 24.2 Å². The molecule has 10 nitrogen and oxygen atoms in total. The van der Waals surface area contributed by atoms with E-state index in [4.69, 9.17) is 0 Å². The average Bonchev–Trinajstić information content (AvgIpc) is 3.34. The van der Waals surface area contributed by atoms with Crippen LogP contribution in [0, 0.1) is 34.5 Å². The zero-order valence-corrected chi connectivity index (χ0v) is 19.9. The van der Waals surface area contributed by atoms with E-state index < -0.39 is 0 Å². The predicted molar refractivity (Wildman–Crippen MR) is 133 cm³/mol. The van der Waals surface area contributed by atoms with Crippen LogP contribution in [0.2, 0.25) is 0 Å².